The van der Waals surface area contributed by atoms with E-state index >= 15 is 0 Å². The lowest BCUT2D eigenvalue weighted by Crippen LogP contribution is -2.15. The van der Waals surface area contributed by atoms with Crippen LogP contribution in [-0.4, -0.2) is 20.7 Å². The van der Waals surface area contributed by atoms with Crippen LogP contribution >= 0.6 is 0 Å². The fourth-order valence-corrected chi connectivity index (χ4v) is 2.11. The molecule has 0 fully saturated rings. The van der Waals surface area contributed by atoms with Gasteiger partial charge in [-0.3, -0.25) is 4.79 Å². The normalized spacial score (nSPS) is 11.3. The maximum absolute atomic E-state index is 12.3. The molecule has 0 aromatic carbocycles. The predicted octanol–water partition coefficient (Wildman–Crippen LogP) is 2.57. The number of H-pyrrole nitrogens is 1. The van der Waals surface area contributed by atoms with E-state index in [1.54, 1.807) is 6.07 Å². The molecule has 3 aromatic heterocycles. The average molecular weight is 243 g/mol. The number of nitrogens with zero attached hydrogens (tertiary/aromatic N) is 2. The van der Waals surface area contributed by atoms with Crippen molar-refractivity contribution in [2.75, 3.05) is 0 Å². The van der Waals surface area contributed by atoms with Gasteiger partial charge < -0.3 is 9.40 Å². The van der Waals surface area contributed by atoms with Crippen LogP contribution in [0.4, 0.5) is 0 Å². The van der Waals surface area contributed by atoms with Crippen LogP contribution in [0.5, 0.6) is 0 Å². The molecule has 1 N–H and O–H groups in total. The van der Waals surface area contributed by atoms with Gasteiger partial charge in [0.2, 0.25) is 0 Å². The molecule has 0 saturated heterocycles. The van der Waals surface area contributed by atoms with Gasteiger partial charge in [-0.25, -0.2) is 0 Å². The highest BCUT2D eigenvalue weighted by Gasteiger charge is 2.16. The number of carbonyl (C=O) groups excluding carboxylic acids is 1. The average Bonchev–Trinajstić information content (AvgIpc) is 2.90. The summed E-state index contributed by atoms with van der Waals surface area (Å²) in [4.78, 5) is 15.3. The molecule has 0 aliphatic carbocycles. The maximum atomic E-state index is 12.3. The SMILES string of the molecule is Cc1cc(C)n(C(=O)c2cc3oc(C)cc3[nH]2)n1. The molecule has 0 atom stereocenters. The van der Waals surface area contributed by atoms with E-state index in [1.807, 2.05) is 32.9 Å². The van der Waals surface area contributed by atoms with Crippen LogP contribution in [0, 0.1) is 20.8 Å². The summed E-state index contributed by atoms with van der Waals surface area (Å²) in [5.74, 6) is 0.644. The van der Waals surface area contributed by atoms with Crippen LogP contribution < -0.4 is 0 Å². The highest BCUT2D eigenvalue weighted by Crippen LogP contribution is 2.20. The molecule has 18 heavy (non-hydrogen) atoms. The van der Waals surface area contributed by atoms with Gasteiger partial charge in [-0.05, 0) is 26.8 Å². The van der Waals surface area contributed by atoms with E-state index in [-0.39, 0.29) is 5.91 Å². The summed E-state index contributed by atoms with van der Waals surface area (Å²) < 4.78 is 6.85. The second-order valence-electron chi connectivity index (χ2n) is 4.46. The Morgan fingerprint density at radius 2 is 2.06 bits per heavy atom. The molecule has 3 heterocycles. The van der Waals surface area contributed by atoms with Crippen molar-refractivity contribution in [1.29, 1.82) is 0 Å². The fraction of sp³-hybridized carbons (Fsp3) is 0.231. The Bertz CT molecular complexity index is 714. The number of fused-ring (bicyclic) bond motifs is 1. The number of aromatic nitrogens is 3. The Morgan fingerprint density at radius 3 is 2.67 bits per heavy atom. The lowest BCUT2D eigenvalue weighted by atomic mass is 10.3. The second kappa shape index (κ2) is 3.60. The van der Waals surface area contributed by atoms with Gasteiger partial charge in [-0.1, -0.05) is 0 Å². The highest BCUT2D eigenvalue weighted by molar-refractivity contribution is 5.98. The first-order valence-electron chi connectivity index (χ1n) is 5.72. The predicted molar refractivity (Wildman–Crippen MR) is 66.7 cm³/mol. The highest BCUT2D eigenvalue weighted by atomic mass is 16.3. The van der Waals surface area contributed by atoms with E-state index in [0.29, 0.717) is 11.3 Å². The smallest absolute Gasteiger partial charge is 0.294 e. The zero-order chi connectivity index (χ0) is 12.9. The Balaban J connectivity index is 2.06. The first-order valence-corrected chi connectivity index (χ1v) is 5.72. The van der Waals surface area contributed by atoms with Crippen LogP contribution in [-0.2, 0) is 0 Å². The first kappa shape index (κ1) is 10.8. The van der Waals surface area contributed by atoms with Crippen molar-refractivity contribution >= 4 is 17.0 Å². The molecule has 0 unspecified atom stereocenters. The standard InChI is InChI=1S/C13H13N3O2/c1-7-4-8(2)16(15-7)13(17)11-6-12-10(14-11)5-9(3)18-12/h4-6,14H,1-3H3. The van der Waals surface area contributed by atoms with E-state index in [2.05, 4.69) is 10.1 Å². The summed E-state index contributed by atoms with van der Waals surface area (Å²) in [6, 6.07) is 5.45. The minimum atomic E-state index is -0.176. The van der Waals surface area contributed by atoms with Gasteiger partial charge >= 0.3 is 0 Å². The van der Waals surface area contributed by atoms with E-state index in [9.17, 15) is 4.79 Å². The van der Waals surface area contributed by atoms with Crippen molar-refractivity contribution in [3.8, 4) is 0 Å². The second-order valence-corrected chi connectivity index (χ2v) is 4.46. The molecule has 5 heteroatoms. The summed E-state index contributed by atoms with van der Waals surface area (Å²) >= 11 is 0. The molecule has 0 saturated carbocycles. The topological polar surface area (TPSA) is 63.8 Å². The third-order valence-electron chi connectivity index (χ3n) is 2.86. The fourth-order valence-electron chi connectivity index (χ4n) is 2.11. The van der Waals surface area contributed by atoms with Crippen LogP contribution in [0.25, 0.3) is 11.1 Å². The Kier molecular flexibility index (Phi) is 2.16. The number of aromatic amines is 1. The van der Waals surface area contributed by atoms with Crippen LogP contribution in [0.3, 0.4) is 0 Å². The maximum Gasteiger partial charge on any atom is 0.294 e. The van der Waals surface area contributed by atoms with Crippen molar-refractivity contribution in [3.63, 3.8) is 0 Å². The minimum absolute atomic E-state index is 0.176. The van der Waals surface area contributed by atoms with Gasteiger partial charge in [-0.15, -0.1) is 0 Å². The number of hydrogen-bond donors (Lipinski definition) is 1. The molecular weight excluding hydrogens is 230 g/mol. The van der Waals surface area contributed by atoms with Crippen molar-refractivity contribution in [3.05, 3.63) is 41.0 Å². The van der Waals surface area contributed by atoms with Gasteiger partial charge in [0.05, 0.1) is 11.2 Å². The third-order valence-corrected chi connectivity index (χ3v) is 2.86. The van der Waals surface area contributed by atoms with Gasteiger partial charge in [0.15, 0.2) is 5.58 Å². The lowest BCUT2D eigenvalue weighted by Gasteiger charge is -1.99. The minimum Gasteiger partial charge on any atom is -0.460 e. The summed E-state index contributed by atoms with van der Waals surface area (Å²) in [6.07, 6.45) is 0. The Hall–Kier alpha value is -2.30. The third kappa shape index (κ3) is 1.55. The number of furan rings is 1. The number of rotatable bonds is 1. The molecule has 92 valence electrons. The van der Waals surface area contributed by atoms with Crippen molar-refractivity contribution in [2.45, 2.75) is 20.8 Å². The summed E-state index contributed by atoms with van der Waals surface area (Å²) in [5, 5.41) is 4.18. The largest absolute Gasteiger partial charge is 0.460 e. The van der Waals surface area contributed by atoms with Crippen molar-refractivity contribution in [1.82, 2.24) is 14.8 Å². The summed E-state index contributed by atoms with van der Waals surface area (Å²) in [5.41, 5.74) is 3.65. The molecular formula is C13H13N3O2. The molecule has 0 amide bonds. The monoisotopic (exact) mass is 243 g/mol. The van der Waals surface area contributed by atoms with E-state index in [4.69, 9.17) is 4.42 Å². The molecule has 0 aliphatic heterocycles. The summed E-state index contributed by atoms with van der Waals surface area (Å²) in [6.45, 7) is 5.59. The number of nitrogens with one attached hydrogen (secondary N) is 1. The molecule has 3 rings (SSSR count). The van der Waals surface area contributed by atoms with E-state index in [1.165, 1.54) is 4.68 Å². The first-order chi connectivity index (χ1) is 8.54. The Labute approximate surface area is 103 Å². The zero-order valence-corrected chi connectivity index (χ0v) is 10.4. The van der Waals surface area contributed by atoms with E-state index < -0.39 is 0 Å². The molecule has 5 nitrogen and oxygen atoms in total. The molecule has 0 aliphatic rings. The summed E-state index contributed by atoms with van der Waals surface area (Å²) in [7, 11) is 0. The zero-order valence-electron chi connectivity index (χ0n) is 10.4. The van der Waals surface area contributed by atoms with Crippen LogP contribution in [0.1, 0.15) is 27.6 Å². The van der Waals surface area contributed by atoms with Crippen LogP contribution in [0.15, 0.2) is 22.6 Å². The van der Waals surface area contributed by atoms with Crippen LogP contribution in [0.2, 0.25) is 0 Å². The van der Waals surface area contributed by atoms with Gasteiger partial charge in [0, 0.05) is 17.8 Å². The van der Waals surface area contributed by atoms with Gasteiger partial charge in [0.25, 0.3) is 5.91 Å². The molecule has 3 aromatic rings. The Morgan fingerprint density at radius 1 is 1.28 bits per heavy atom. The van der Waals surface area contributed by atoms with Gasteiger partial charge in [0.1, 0.15) is 11.5 Å². The van der Waals surface area contributed by atoms with Crippen molar-refractivity contribution < 1.29 is 9.21 Å². The quantitative estimate of drug-likeness (QED) is 0.714. The molecule has 0 spiro atoms. The van der Waals surface area contributed by atoms with Gasteiger partial charge in [-0.2, -0.15) is 9.78 Å². The number of aryl methyl sites for hydroxylation is 3. The molecule has 0 bridgehead atoms. The molecule has 0 radical (unpaired) electrons. The number of carbonyl (C=O) groups is 1. The number of hydrogen-bond acceptors (Lipinski definition) is 3. The van der Waals surface area contributed by atoms with E-state index in [0.717, 1.165) is 22.7 Å². The van der Waals surface area contributed by atoms with Crippen molar-refractivity contribution in [2.24, 2.45) is 0 Å². The lowest BCUT2D eigenvalue weighted by molar-refractivity contribution is 0.0938.